The molecule has 4 nitrogen and oxygen atoms in total. The summed E-state index contributed by atoms with van der Waals surface area (Å²) in [6.07, 6.45) is 2.81. The number of anilines is 1. The van der Waals surface area contributed by atoms with Gasteiger partial charge in [-0.3, -0.25) is 4.79 Å². The molecule has 1 aromatic carbocycles. The number of amides is 1. The van der Waals surface area contributed by atoms with Gasteiger partial charge in [-0.05, 0) is 36.4 Å². The molecule has 3 rings (SSSR count). The highest BCUT2D eigenvalue weighted by molar-refractivity contribution is 7.99. The van der Waals surface area contributed by atoms with Crippen LogP contribution in [0.15, 0.2) is 48.7 Å². The maximum Gasteiger partial charge on any atom is 0.263 e. The highest BCUT2D eigenvalue weighted by Gasteiger charge is 2.23. The zero-order valence-electron chi connectivity index (χ0n) is 12.4. The van der Waals surface area contributed by atoms with Crippen LogP contribution in [-0.2, 0) is 0 Å². The number of ether oxygens (including phenoxy) is 1. The zero-order chi connectivity index (χ0) is 15.4. The number of para-hydroxylation sites is 1. The summed E-state index contributed by atoms with van der Waals surface area (Å²) in [7, 11) is 1.76. The fraction of sp³-hybridized carbons (Fsp3) is 0.294. The summed E-state index contributed by atoms with van der Waals surface area (Å²) >= 11 is 1.87. The third kappa shape index (κ3) is 3.25. The standard InChI is InChI=1S/C17H18N2O2S/c1-19(13-6-3-2-4-7-13)17(20)15-8-5-10-18-16(15)21-14-9-11-22-12-14/h2-8,10,14H,9,11-12H2,1H3/t14-/m0/s1. The molecule has 0 radical (unpaired) electrons. The van der Waals surface area contributed by atoms with Crippen molar-refractivity contribution in [1.82, 2.24) is 4.98 Å². The summed E-state index contributed by atoms with van der Waals surface area (Å²) in [5, 5.41) is 0. The van der Waals surface area contributed by atoms with Crippen LogP contribution in [0.5, 0.6) is 5.88 Å². The van der Waals surface area contributed by atoms with Gasteiger partial charge in [0, 0.05) is 24.7 Å². The molecule has 114 valence electrons. The zero-order valence-corrected chi connectivity index (χ0v) is 13.3. The fourth-order valence-corrected chi connectivity index (χ4v) is 3.45. The lowest BCUT2D eigenvalue weighted by Crippen LogP contribution is -2.28. The Balaban J connectivity index is 1.82. The minimum atomic E-state index is -0.111. The van der Waals surface area contributed by atoms with Gasteiger partial charge >= 0.3 is 0 Å². The number of aromatic nitrogens is 1. The Morgan fingerprint density at radius 1 is 1.27 bits per heavy atom. The quantitative estimate of drug-likeness (QED) is 0.869. The Morgan fingerprint density at radius 3 is 2.82 bits per heavy atom. The predicted octanol–water partition coefficient (Wildman–Crippen LogP) is 3.24. The number of thioether (sulfide) groups is 1. The van der Waals surface area contributed by atoms with E-state index in [9.17, 15) is 4.79 Å². The van der Waals surface area contributed by atoms with Gasteiger partial charge in [-0.1, -0.05) is 18.2 Å². The minimum absolute atomic E-state index is 0.111. The summed E-state index contributed by atoms with van der Waals surface area (Å²) in [5.41, 5.74) is 1.35. The number of pyridine rings is 1. The predicted molar refractivity (Wildman–Crippen MR) is 89.8 cm³/mol. The van der Waals surface area contributed by atoms with Crippen molar-refractivity contribution >= 4 is 23.4 Å². The minimum Gasteiger partial charge on any atom is -0.473 e. The van der Waals surface area contributed by atoms with Gasteiger partial charge in [-0.25, -0.2) is 4.98 Å². The van der Waals surface area contributed by atoms with Crippen LogP contribution in [0.25, 0.3) is 0 Å². The van der Waals surface area contributed by atoms with E-state index in [2.05, 4.69) is 4.98 Å². The number of carbonyl (C=O) groups is 1. The van der Waals surface area contributed by atoms with Gasteiger partial charge in [0.25, 0.3) is 5.91 Å². The van der Waals surface area contributed by atoms with Crippen LogP contribution in [0.2, 0.25) is 0 Å². The molecule has 0 spiro atoms. The lowest BCUT2D eigenvalue weighted by molar-refractivity contribution is 0.0985. The van der Waals surface area contributed by atoms with E-state index in [1.54, 1.807) is 30.3 Å². The Morgan fingerprint density at radius 2 is 2.09 bits per heavy atom. The van der Waals surface area contributed by atoms with Crippen molar-refractivity contribution in [3.8, 4) is 5.88 Å². The molecule has 1 aliphatic heterocycles. The summed E-state index contributed by atoms with van der Waals surface area (Å²) in [6.45, 7) is 0. The van der Waals surface area contributed by atoms with Crippen LogP contribution in [0, 0.1) is 0 Å². The number of benzene rings is 1. The van der Waals surface area contributed by atoms with Crippen molar-refractivity contribution < 1.29 is 9.53 Å². The van der Waals surface area contributed by atoms with E-state index in [1.807, 2.05) is 42.1 Å². The average Bonchev–Trinajstić information content (AvgIpc) is 3.08. The van der Waals surface area contributed by atoms with Gasteiger partial charge in [-0.15, -0.1) is 0 Å². The van der Waals surface area contributed by atoms with Crippen molar-refractivity contribution in [3.63, 3.8) is 0 Å². The van der Waals surface area contributed by atoms with Crippen molar-refractivity contribution in [3.05, 3.63) is 54.2 Å². The fourth-order valence-electron chi connectivity index (χ4n) is 2.36. The topological polar surface area (TPSA) is 42.4 Å². The molecule has 0 saturated carbocycles. The molecule has 1 amide bonds. The number of carbonyl (C=O) groups excluding carboxylic acids is 1. The normalized spacial score (nSPS) is 17.2. The lowest BCUT2D eigenvalue weighted by atomic mass is 10.2. The molecule has 22 heavy (non-hydrogen) atoms. The molecule has 1 atom stereocenters. The molecule has 2 heterocycles. The third-order valence-corrected chi connectivity index (χ3v) is 4.75. The summed E-state index contributed by atoms with van der Waals surface area (Å²) < 4.78 is 5.93. The maximum atomic E-state index is 12.7. The highest BCUT2D eigenvalue weighted by atomic mass is 32.2. The number of hydrogen-bond donors (Lipinski definition) is 0. The van der Waals surface area contributed by atoms with Gasteiger partial charge in [0.15, 0.2) is 0 Å². The van der Waals surface area contributed by atoms with Crippen LogP contribution in [0.4, 0.5) is 5.69 Å². The molecule has 0 unspecified atom stereocenters. The smallest absolute Gasteiger partial charge is 0.263 e. The van der Waals surface area contributed by atoms with Gasteiger partial charge < -0.3 is 9.64 Å². The molecular formula is C17H18N2O2S. The molecule has 1 aromatic heterocycles. The molecular weight excluding hydrogens is 296 g/mol. The van der Waals surface area contributed by atoms with E-state index in [1.165, 1.54) is 0 Å². The molecule has 1 aliphatic rings. The molecule has 1 saturated heterocycles. The summed E-state index contributed by atoms with van der Waals surface area (Å²) in [4.78, 5) is 18.6. The summed E-state index contributed by atoms with van der Waals surface area (Å²) in [5.74, 6) is 2.38. The first-order valence-electron chi connectivity index (χ1n) is 7.28. The maximum absolute atomic E-state index is 12.7. The van der Waals surface area contributed by atoms with E-state index in [4.69, 9.17) is 4.74 Å². The summed E-state index contributed by atoms with van der Waals surface area (Å²) in [6, 6.07) is 13.1. The van der Waals surface area contributed by atoms with Crippen LogP contribution < -0.4 is 9.64 Å². The lowest BCUT2D eigenvalue weighted by Gasteiger charge is -2.20. The Kier molecular flexibility index (Phi) is 4.63. The Hall–Kier alpha value is -2.01. The van der Waals surface area contributed by atoms with Crippen LogP contribution in [0.3, 0.4) is 0 Å². The molecule has 0 N–H and O–H groups in total. The van der Waals surface area contributed by atoms with Crippen molar-refractivity contribution in [2.24, 2.45) is 0 Å². The number of hydrogen-bond acceptors (Lipinski definition) is 4. The van der Waals surface area contributed by atoms with Gasteiger partial charge in [0.2, 0.25) is 5.88 Å². The molecule has 2 aromatic rings. The van der Waals surface area contributed by atoms with E-state index in [0.29, 0.717) is 11.4 Å². The van der Waals surface area contributed by atoms with Crippen molar-refractivity contribution in [2.75, 3.05) is 23.5 Å². The van der Waals surface area contributed by atoms with Gasteiger partial charge in [-0.2, -0.15) is 11.8 Å². The first-order chi connectivity index (χ1) is 10.8. The van der Waals surface area contributed by atoms with Crippen LogP contribution >= 0.6 is 11.8 Å². The third-order valence-electron chi connectivity index (χ3n) is 3.62. The van der Waals surface area contributed by atoms with E-state index in [0.717, 1.165) is 23.6 Å². The molecule has 0 aliphatic carbocycles. The molecule has 1 fully saturated rings. The van der Waals surface area contributed by atoms with E-state index in [-0.39, 0.29) is 12.0 Å². The van der Waals surface area contributed by atoms with Crippen molar-refractivity contribution in [2.45, 2.75) is 12.5 Å². The van der Waals surface area contributed by atoms with E-state index >= 15 is 0 Å². The molecule has 0 bridgehead atoms. The second-order valence-electron chi connectivity index (χ2n) is 5.16. The second-order valence-corrected chi connectivity index (χ2v) is 6.31. The van der Waals surface area contributed by atoms with E-state index < -0.39 is 0 Å². The number of nitrogens with zero attached hydrogens (tertiary/aromatic N) is 2. The van der Waals surface area contributed by atoms with Crippen LogP contribution in [-0.4, -0.2) is 35.5 Å². The first-order valence-corrected chi connectivity index (χ1v) is 8.43. The van der Waals surface area contributed by atoms with Crippen molar-refractivity contribution in [1.29, 1.82) is 0 Å². The molecule has 5 heteroatoms. The largest absolute Gasteiger partial charge is 0.473 e. The van der Waals surface area contributed by atoms with Crippen LogP contribution in [0.1, 0.15) is 16.8 Å². The Labute approximate surface area is 134 Å². The first kappa shape index (κ1) is 14.9. The highest BCUT2D eigenvalue weighted by Crippen LogP contribution is 2.25. The Bertz CT molecular complexity index is 642. The number of rotatable bonds is 4. The second kappa shape index (κ2) is 6.83. The van der Waals surface area contributed by atoms with Gasteiger partial charge in [0.1, 0.15) is 11.7 Å². The monoisotopic (exact) mass is 314 g/mol. The average molecular weight is 314 g/mol. The SMILES string of the molecule is CN(C(=O)c1cccnc1O[C@H]1CCSC1)c1ccccc1. The van der Waals surface area contributed by atoms with Gasteiger partial charge in [0.05, 0.1) is 0 Å².